The average Bonchev–Trinajstić information content (AvgIpc) is 3.12. The molecular weight excluding hydrogens is 361 g/mol. The SMILES string of the molecule is COc1ccc(C(C)NC(=O)NCc2ccc(N3CCCC3=O)cc2)cc1F. The number of rotatable bonds is 6. The van der Waals surface area contributed by atoms with Crippen molar-refractivity contribution >= 4 is 17.6 Å². The standard InChI is InChI=1S/C21H24FN3O3/c1-14(16-7-10-19(28-2)18(22)12-16)24-21(27)23-13-15-5-8-17(9-6-15)25-11-3-4-20(25)26/h5-10,12,14H,3-4,11,13H2,1-2H3,(H2,23,24,27). The molecule has 7 heteroatoms. The number of carbonyl (C=O) groups is 2. The quantitative estimate of drug-likeness (QED) is 0.799. The van der Waals surface area contributed by atoms with Crippen LogP contribution in [0.3, 0.4) is 0 Å². The number of nitrogens with zero attached hydrogens (tertiary/aromatic N) is 1. The Morgan fingerprint density at radius 1 is 1.25 bits per heavy atom. The topological polar surface area (TPSA) is 70.7 Å². The van der Waals surface area contributed by atoms with E-state index in [2.05, 4.69) is 10.6 Å². The summed E-state index contributed by atoms with van der Waals surface area (Å²) in [5.41, 5.74) is 2.45. The first kappa shape index (κ1) is 19.7. The van der Waals surface area contributed by atoms with Crippen LogP contribution in [0.15, 0.2) is 42.5 Å². The Hall–Kier alpha value is -3.09. The highest BCUT2D eigenvalue weighted by Crippen LogP contribution is 2.22. The Kier molecular flexibility index (Phi) is 6.13. The van der Waals surface area contributed by atoms with Gasteiger partial charge in [-0.15, -0.1) is 0 Å². The van der Waals surface area contributed by atoms with Gasteiger partial charge in [-0.2, -0.15) is 0 Å². The zero-order chi connectivity index (χ0) is 20.1. The number of ether oxygens (including phenoxy) is 1. The van der Waals surface area contributed by atoms with Crippen LogP contribution in [0.4, 0.5) is 14.9 Å². The maximum atomic E-state index is 13.8. The van der Waals surface area contributed by atoms with E-state index >= 15 is 0 Å². The Morgan fingerprint density at radius 3 is 2.61 bits per heavy atom. The first-order valence-electron chi connectivity index (χ1n) is 9.25. The molecule has 28 heavy (non-hydrogen) atoms. The lowest BCUT2D eigenvalue weighted by Gasteiger charge is -2.17. The fourth-order valence-corrected chi connectivity index (χ4v) is 3.18. The van der Waals surface area contributed by atoms with Gasteiger partial charge in [0.05, 0.1) is 13.2 Å². The molecule has 1 saturated heterocycles. The van der Waals surface area contributed by atoms with Crippen molar-refractivity contribution in [1.29, 1.82) is 0 Å². The number of urea groups is 1. The van der Waals surface area contributed by atoms with Gasteiger partial charge < -0.3 is 20.3 Å². The third-order valence-corrected chi connectivity index (χ3v) is 4.80. The van der Waals surface area contributed by atoms with E-state index in [9.17, 15) is 14.0 Å². The predicted octanol–water partition coefficient (Wildman–Crippen LogP) is 3.52. The van der Waals surface area contributed by atoms with Gasteiger partial charge in [-0.3, -0.25) is 4.79 Å². The summed E-state index contributed by atoms with van der Waals surface area (Å²) >= 11 is 0. The summed E-state index contributed by atoms with van der Waals surface area (Å²) in [6.07, 6.45) is 1.48. The molecule has 2 N–H and O–H groups in total. The number of carbonyl (C=O) groups excluding carboxylic acids is 2. The van der Waals surface area contributed by atoms with Crippen LogP contribution >= 0.6 is 0 Å². The number of benzene rings is 2. The lowest BCUT2D eigenvalue weighted by molar-refractivity contribution is -0.117. The minimum Gasteiger partial charge on any atom is -0.494 e. The molecule has 0 radical (unpaired) electrons. The van der Waals surface area contributed by atoms with Gasteiger partial charge in [-0.05, 0) is 48.7 Å². The number of hydrogen-bond donors (Lipinski definition) is 2. The number of methoxy groups -OCH3 is 1. The van der Waals surface area contributed by atoms with Gasteiger partial charge in [0.2, 0.25) is 5.91 Å². The van der Waals surface area contributed by atoms with E-state index in [1.165, 1.54) is 19.2 Å². The molecule has 0 saturated carbocycles. The summed E-state index contributed by atoms with van der Waals surface area (Å²) in [5, 5.41) is 5.57. The van der Waals surface area contributed by atoms with E-state index in [1.807, 2.05) is 24.3 Å². The van der Waals surface area contributed by atoms with Gasteiger partial charge in [0, 0.05) is 25.2 Å². The second-order valence-corrected chi connectivity index (χ2v) is 6.76. The molecule has 6 nitrogen and oxygen atoms in total. The van der Waals surface area contributed by atoms with Gasteiger partial charge in [0.25, 0.3) is 0 Å². The van der Waals surface area contributed by atoms with E-state index in [1.54, 1.807) is 17.9 Å². The van der Waals surface area contributed by atoms with E-state index in [-0.39, 0.29) is 23.7 Å². The highest BCUT2D eigenvalue weighted by Gasteiger charge is 2.21. The van der Waals surface area contributed by atoms with Gasteiger partial charge >= 0.3 is 6.03 Å². The maximum Gasteiger partial charge on any atom is 0.315 e. The smallest absolute Gasteiger partial charge is 0.315 e. The Morgan fingerprint density at radius 2 is 2.00 bits per heavy atom. The zero-order valence-electron chi connectivity index (χ0n) is 16.0. The van der Waals surface area contributed by atoms with E-state index in [4.69, 9.17) is 4.74 Å². The van der Waals surface area contributed by atoms with Crippen LogP contribution in [-0.4, -0.2) is 25.6 Å². The summed E-state index contributed by atoms with van der Waals surface area (Å²) < 4.78 is 18.7. The Labute approximate surface area is 163 Å². The molecule has 1 heterocycles. The molecule has 2 aromatic carbocycles. The van der Waals surface area contributed by atoms with Crippen molar-refractivity contribution in [3.63, 3.8) is 0 Å². The zero-order valence-corrected chi connectivity index (χ0v) is 16.0. The van der Waals surface area contributed by atoms with Crippen LogP contribution in [0, 0.1) is 5.82 Å². The number of nitrogens with one attached hydrogen (secondary N) is 2. The molecule has 1 atom stereocenters. The number of halogens is 1. The fourth-order valence-electron chi connectivity index (χ4n) is 3.18. The van der Waals surface area contributed by atoms with Crippen molar-refractivity contribution in [3.05, 3.63) is 59.4 Å². The average molecular weight is 385 g/mol. The van der Waals surface area contributed by atoms with Crippen LogP contribution in [0.1, 0.15) is 36.9 Å². The van der Waals surface area contributed by atoms with Crippen LogP contribution in [0.5, 0.6) is 5.75 Å². The second kappa shape index (κ2) is 8.73. The number of amides is 3. The van der Waals surface area contributed by atoms with Gasteiger partial charge in [-0.25, -0.2) is 9.18 Å². The normalized spacial score (nSPS) is 14.7. The monoisotopic (exact) mass is 385 g/mol. The lowest BCUT2D eigenvalue weighted by Crippen LogP contribution is -2.36. The first-order chi connectivity index (χ1) is 13.5. The van der Waals surface area contributed by atoms with E-state index < -0.39 is 5.82 Å². The third kappa shape index (κ3) is 4.60. The molecule has 1 aliphatic heterocycles. The summed E-state index contributed by atoms with van der Waals surface area (Å²) in [5.74, 6) is -0.153. The van der Waals surface area contributed by atoms with Gasteiger partial charge in [0.1, 0.15) is 0 Å². The summed E-state index contributed by atoms with van der Waals surface area (Å²) in [7, 11) is 1.41. The summed E-state index contributed by atoms with van der Waals surface area (Å²) in [6, 6.07) is 11.5. The molecular formula is C21H24FN3O3. The highest BCUT2D eigenvalue weighted by atomic mass is 19.1. The summed E-state index contributed by atoms with van der Waals surface area (Å²) in [6.45, 7) is 2.88. The number of anilines is 1. The molecule has 0 aromatic heterocycles. The van der Waals surface area contributed by atoms with Crippen molar-refractivity contribution in [2.45, 2.75) is 32.4 Å². The van der Waals surface area contributed by atoms with Crippen molar-refractivity contribution in [1.82, 2.24) is 10.6 Å². The molecule has 3 rings (SSSR count). The third-order valence-electron chi connectivity index (χ3n) is 4.80. The Balaban J connectivity index is 1.51. The van der Waals surface area contributed by atoms with Crippen LogP contribution in [-0.2, 0) is 11.3 Å². The van der Waals surface area contributed by atoms with Crippen LogP contribution in [0.25, 0.3) is 0 Å². The lowest BCUT2D eigenvalue weighted by atomic mass is 10.1. The van der Waals surface area contributed by atoms with Gasteiger partial charge in [-0.1, -0.05) is 18.2 Å². The molecule has 1 fully saturated rings. The molecule has 1 unspecified atom stereocenters. The Bertz CT molecular complexity index is 854. The van der Waals surface area contributed by atoms with Crippen molar-refractivity contribution < 1.29 is 18.7 Å². The molecule has 2 aromatic rings. The van der Waals surface area contributed by atoms with Crippen molar-refractivity contribution in [2.75, 3.05) is 18.6 Å². The molecule has 0 spiro atoms. The van der Waals surface area contributed by atoms with Crippen molar-refractivity contribution in [3.8, 4) is 5.75 Å². The predicted molar refractivity (Wildman–Crippen MR) is 105 cm³/mol. The van der Waals surface area contributed by atoms with Crippen LogP contribution in [0.2, 0.25) is 0 Å². The largest absolute Gasteiger partial charge is 0.494 e. The van der Waals surface area contributed by atoms with E-state index in [0.29, 0.717) is 18.5 Å². The number of hydrogen-bond acceptors (Lipinski definition) is 3. The van der Waals surface area contributed by atoms with E-state index in [0.717, 1.165) is 24.2 Å². The second-order valence-electron chi connectivity index (χ2n) is 6.76. The highest BCUT2D eigenvalue weighted by molar-refractivity contribution is 5.95. The maximum absolute atomic E-state index is 13.8. The minimum atomic E-state index is -0.467. The minimum absolute atomic E-state index is 0.147. The summed E-state index contributed by atoms with van der Waals surface area (Å²) in [4.78, 5) is 25.7. The molecule has 148 valence electrons. The first-order valence-corrected chi connectivity index (χ1v) is 9.25. The van der Waals surface area contributed by atoms with Crippen molar-refractivity contribution in [2.24, 2.45) is 0 Å². The molecule has 3 amide bonds. The molecule has 0 aliphatic carbocycles. The van der Waals surface area contributed by atoms with Crippen LogP contribution < -0.4 is 20.3 Å². The molecule has 1 aliphatic rings. The fraction of sp³-hybridized carbons (Fsp3) is 0.333. The van der Waals surface area contributed by atoms with Gasteiger partial charge in [0.15, 0.2) is 11.6 Å². The molecule has 0 bridgehead atoms.